The van der Waals surface area contributed by atoms with E-state index >= 15 is 0 Å². The second-order valence-corrected chi connectivity index (χ2v) is 4.07. The lowest BCUT2D eigenvalue weighted by Crippen LogP contribution is -1.99. The minimum absolute atomic E-state index is 0.106. The number of carboxylic acids is 1. The molecule has 0 aliphatic heterocycles. The number of aromatic nitrogens is 4. The van der Waals surface area contributed by atoms with E-state index in [0.717, 1.165) is 11.3 Å². The van der Waals surface area contributed by atoms with Gasteiger partial charge in [-0.2, -0.15) is 5.10 Å². The fraction of sp³-hybridized carbons (Fsp3) is 0.0769. The molecule has 0 radical (unpaired) electrons. The van der Waals surface area contributed by atoms with Crippen LogP contribution >= 0.6 is 0 Å². The molecule has 0 amide bonds. The molecule has 6 nitrogen and oxygen atoms in total. The standard InChI is InChI=1S/C13H10N4O2/c18-13(19)6-10-8-17-12(15-10)4-3-11(16-17)9-2-1-5-14-7-9/h1-5,7-8H,6H2,(H,18,19). The van der Waals surface area contributed by atoms with Crippen LogP contribution in [0.1, 0.15) is 5.69 Å². The molecule has 0 unspecified atom stereocenters. The molecule has 0 spiro atoms. The summed E-state index contributed by atoms with van der Waals surface area (Å²) in [5.41, 5.74) is 2.78. The van der Waals surface area contributed by atoms with Gasteiger partial charge in [0.1, 0.15) is 0 Å². The lowest BCUT2D eigenvalue weighted by Gasteiger charge is -1.99. The summed E-state index contributed by atoms with van der Waals surface area (Å²) in [6.07, 6.45) is 4.95. The van der Waals surface area contributed by atoms with Crippen LogP contribution in [0.3, 0.4) is 0 Å². The summed E-state index contributed by atoms with van der Waals surface area (Å²) in [4.78, 5) is 18.9. The number of carbonyl (C=O) groups is 1. The minimum atomic E-state index is -0.907. The van der Waals surface area contributed by atoms with Crippen molar-refractivity contribution in [3.63, 3.8) is 0 Å². The van der Waals surface area contributed by atoms with Crippen LogP contribution in [0.5, 0.6) is 0 Å². The number of nitrogens with zero attached hydrogens (tertiary/aromatic N) is 4. The van der Waals surface area contributed by atoms with Crippen LogP contribution in [0, 0.1) is 0 Å². The summed E-state index contributed by atoms with van der Waals surface area (Å²) in [5.74, 6) is -0.907. The molecule has 0 aliphatic carbocycles. The Kier molecular flexibility index (Phi) is 2.68. The van der Waals surface area contributed by atoms with E-state index in [0.29, 0.717) is 11.3 Å². The average molecular weight is 254 g/mol. The first kappa shape index (κ1) is 11.3. The van der Waals surface area contributed by atoms with Gasteiger partial charge in [0.25, 0.3) is 0 Å². The third kappa shape index (κ3) is 2.28. The Morgan fingerprint density at radius 2 is 2.21 bits per heavy atom. The van der Waals surface area contributed by atoms with Gasteiger partial charge in [-0.25, -0.2) is 9.50 Å². The SMILES string of the molecule is O=C(O)Cc1cn2nc(-c3cccnc3)ccc2n1. The van der Waals surface area contributed by atoms with E-state index in [4.69, 9.17) is 5.11 Å². The Morgan fingerprint density at radius 1 is 1.32 bits per heavy atom. The Labute approximate surface area is 108 Å². The highest BCUT2D eigenvalue weighted by Crippen LogP contribution is 2.15. The molecule has 19 heavy (non-hydrogen) atoms. The molecule has 0 saturated heterocycles. The lowest BCUT2D eigenvalue weighted by atomic mass is 10.2. The van der Waals surface area contributed by atoms with Crippen LogP contribution in [-0.4, -0.2) is 30.7 Å². The average Bonchev–Trinajstić information content (AvgIpc) is 2.79. The molecule has 94 valence electrons. The number of imidazole rings is 1. The van der Waals surface area contributed by atoms with Crippen LogP contribution in [0.2, 0.25) is 0 Å². The van der Waals surface area contributed by atoms with Crippen LogP contribution in [-0.2, 0) is 11.2 Å². The Morgan fingerprint density at radius 3 is 2.95 bits per heavy atom. The van der Waals surface area contributed by atoms with Gasteiger partial charge in [0.05, 0.1) is 24.0 Å². The Hall–Kier alpha value is -2.76. The monoisotopic (exact) mass is 254 g/mol. The van der Waals surface area contributed by atoms with Crippen molar-refractivity contribution in [3.8, 4) is 11.3 Å². The van der Waals surface area contributed by atoms with E-state index in [9.17, 15) is 4.79 Å². The first-order valence-corrected chi connectivity index (χ1v) is 5.70. The first-order valence-electron chi connectivity index (χ1n) is 5.70. The van der Waals surface area contributed by atoms with E-state index in [1.54, 1.807) is 29.2 Å². The third-order valence-electron chi connectivity index (χ3n) is 2.66. The third-order valence-corrected chi connectivity index (χ3v) is 2.66. The second-order valence-electron chi connectivity index (χ2n) is 4.07. The van der Waals surface area contributed by atoms with Crippen molar-refractivity contribution < 1.29 is 9.90 Å². The van der Waals surface area contributed by atoms with Gasteiger partial charge in [-0.1, -0.05) is 0 Å². The second kappa shape index (κ2) is 4.49. The smallest absolute Gasteiger partial charge is 0.309 e. The maximum Gasteiger partial charge on any atom is 0.309 e. The predicted octanol–water partition coefficient (Wildman–Crippen LogP) is 1.42. The molecule has 0 atom stereocenters. The molecule has 1 N–H and O–H groups in total. The molecule has 0 saturated carbocycles. The van der Waals surface area contributed by atoms with Crippen molar-refractivity contribution in [3.05, 3.63) is 48.5 Å². The van der Waals surface area contributed by atoms with Crippen LogP contribution < -0.4 is 0 Å². The molecule has 6 heteroatoms. The molecule has 3 rings (SSSR count). The van der Waals surface area contributed by atoms with E-state index in [2.05, 4.69) is 15.1 Å². The molecule has 3 aromatic rings. The number of fused-ring (bicyclic) bond motifs is 1. The lowest BCUT2D eigenvalue weighted by molar-refractivity contribution is -0.136. The van der Waals surface area contributed by atoms with Gasteiger partial charge in [-0.05, 0) is 24.3 Å². The normalized spacial score (nSPS) is 10.7. The summed E-state index contributed by atoms with van der Waals surface area (Å²) in [5, 5.41) is 13.1. The molecule has 0 fully saturated rings. The Balaban J connectivity index is 2.03. The van der Waals surface area contributed by atoms with Gasteiger partial charge < -0.3 is 5.11 Å². The van der Waals surface area contributed by atoms with Crippen molar-refractivity contribution in [1.82, 2.24) is 19.6 Å². The molecular weight excluding hydrogens is 244 g/mol. The van der Waals surface area contributed by atoms with Crippen molar-refractivity contribution >= 4 is 11.6 Å². The van der Waals surface area contributed by atoms with Gasteiger partial charge in [0.2, 0.25) is 0 Å². The van der Waals surface area contributed by atoms with E-state index in [1.165, 1.54) is 0 Å². The van der Waals surface area contributed by atoms with Crippen molar-refractivity contribution in [2.75, 3.05) is 0 Å². The largest absolute Gasteiger partial charge is 0.481 e. The fourth-order valence-electron chi connectivity index (χ4n) is 1.84. The summed E-state index contributed by atoms with van der Waals surface area (Å²) in [7, 11) is 0. The summed E-state index contributed by atoms with van der Waals surface area (Å²) in [6.45, 7) is 0. The zero-order chi connectivity index (χ0) is 13.2. The highest BCUT2D eigenvalue weighted by Gasteiger charge is 2.08. The minimum Gasteiger partial charge on any atom is -0.481 e. The zero-order valence-electron chi connectivity index (χ0n) is 9.89. The molecule has 3 heterocycles. The summed E-state index contributed by atoms with van der Waals surface area (Å²) >= 11 is 0. The maximum atomic E-state index is 10.7. The predicted molar refractivity (Wildman–Crippen MR) is 67.6 cm³/mol. The first-order chi connectivity index (χ1) is 9.22. The maximum absolute atomic E-state index is 10.7. The van der Waals surface area contributed by atoms with Crippen LogP contribution in [0.15, 0.2) is 42.9 Å². The molecular formula is C13H10N4O2. The quantitative estimate of drug-likeness (QED) is 0.764. The summed E-state index contributed by atoms with van der Waals surface area (Å²) < 4.78 is 1.58. The van der Waals surface area contributed by atoms with Gasteiger partial charge in [-0.3, -0.25) is 9.78 Å². The van der Waals surface area contributed by atoms with Crippen molar-refractivity contribution in [1.29, 1.82) is 0 Å². The number of carboxylic acid groups (broad SMARTS) is 1. The van der Waals surface area contributed by atoms with Gasteiger partial charge in [-0.15, -0.1) is 0 Å². The van der Waals surface area contributed by atoms with Gasteiger partial charge in [0.15, 0.2) is 5.65 Å². The van der Waals surface area contributed by atoms with Crippen LogP contribution in [0.4, 0.5) is 0 Å². The van der Waals surface area contributed by atoms with Crippen LogP contribution in [0.25, 0.3) is 16.9 Å². The topological polar surface area (TPSA) is 80.4 Å². The molecule has 0 aliphatic rings. The van der Waals surface area contributed by atoms with Crippen molar-refractivity contribution in [2.45, 2.75) is 6.42 Å². The molecule has 0 bridgehead atoms. The van der Waals surface area contributed by atoms with E-state index in [1.807, 2.05) is 18.2 Å². The highest BCUT2D eigenvalue weighted by atomic mass is 16.4. The number of aliphatic carboxylic acids is 1. The molecule has 3 aromatic heterocycles. The Bertz CT molecular complexity index is 737. The van der Waals surface area contributed by atoms with Crippen molar-refractivity contribution in [2.24, 2.45) is 0 Å². The summed E-state index contributed by atoms with van der Waals surface area (Å²) in [6, 6.07) is 7.39. The number of hydrogen-bond acceptors (Lipinski definition) is 4. The van der Waals surface area contributed by atoms with E-state index < -0.39 is 5.97 Å². The fourth-order valence-corrected chi connectivity index (χ4v) is 1.84. The van der Waals surface area contributed by atoms with Gasteiger partial charge >= 0.3 is 5.97 Å². The highest BCUT2D eigenvalue weighted by molar-refractivity contribution is 5.70. The van der Waals surface area contributed by atoms with E-state index in [-0.39, 0.29) is 6.42 Å². The number of hydrogen-bond donors (Lipinski definition) is 1. The number of pyridine rings is 1. The van der Waals surface area contributed by atoms with Gasteiger partial charge in [0, 0.05) is 18.0 Å². The number of rotatable bonds is 3. The zero-order valence-corrected chi connectivity index (χ0v) is 9.89. The molecule has 0 aromatic carbocycles.